The lowest BCUT2D eigenvalue weighted by Crippen LogP contribution is -2.40. The summed E-state index contributed by atoms with van der Waals surface area (Å²) in [6, 6.07) is 0. The van der Waals surface area contributed by atoms with Crippen LogP contribution in [0.4, 0.5) is 0 Å². The average molecular weight is 292 g/mol. The third-order valence-corrected chi connectivity index (χ3v) is 4.73. The third kappa shape index (κ3) is 3.38. The fourth-order valence-corrected chi connectivity index (χ4v) is 3.74. The molecule has 0 bridgehead atoms. The Morgan fingerprint density at radius 1 is 1.05 bits per heavy atom. The zero-order chi connectivity index (χ0) is 15.6. The highest BCUT2D eigenvalue weighted by Gasteiger charge is 2.45. The molecule has 0 aromatic rings. The Morgan fingerprint density at radius 2 is 1.76 bits per heavy atom. The van der Waals surface area contributed by atoms with Gasteiger partial charge in [-0.1, -0.05) is 47.0 Å². The van der Waals surface area contributed by atoms with Crippen molar-refractivity contribution in [1.29, 1.82) is 0 Å². The van der Waals surface area contributed by atoms with Gasteiger partial charge in [0.25, 0.3) is 0 Å². The molecule has 0 amide bonds. The predicted octanol–water partition coefficient (Wildman–Crippen LogP) is 4.41. The number of ketones is 1. The SMILES string of the molecule is CCCC[C@H]1C2=C(CC(C)(C)CC2=O)OC(=O)[C@@H]1CCC. The summed E-state index contributed by atoms with van der Waals surface area (Å²) >= 11 is 0. The highest BCUT2D eigenvalue weighted by atomic mass is 16.5. The smallest absolute Gasteiger partial charge is 0.314 e. The summed E-state index contributed by atoms with van der Waals surface area (Å²) in [6.45, 7) is 8.38. The van der Waals surface area contributed by atoms with Crippen LogP contribution in [0.2, 0.25) is 0 Å². The number of esters is 1. The van der Waals surface area contributed by atoms with Gasteiger partial charge in [0.05, 0.1) is 5.92 Å². The Kier molecular flexibility index (Phi) is 4.90. The molecule has 118 valence electrons. The van der Waals surface area contributed by atoms with E-state index in [-0.39, 0.29) is 29.0 Å². The monoisotopic (exact) mass is 292 g/mol. The molecule has 0 spiro atoms. The number of ether oxygens (including phenoxy) is 1. The van der Waals surface area contributed by atoms with Gasteiger partial charge in [0, 0.05) is 24.3 Å². The van der Waals surface area contributed by atoms with E-state index in [4.69, 9.17) is 4.74 Å². The molecule has 0 aromatic carbocycles. The minimum absolute atomic E-state index is 0.0877. The van der Waals surface area contributed by atoms with Gasteiger partial charge in [-0.2, -0.15) is 0 Å². The summed E-state index contributed by atoms with van der Waals surface area (Å²) in [7, 11) is 0. The van der Waals surface area contributed by atoms with E-state index in [1.165, 1.54) is 0 Å². The number of carbonyl (C=O) groups excluding carboxylic acids is 2. The van der Waals surface area contributed by atoms with Crippen LogP contribution in [0.25, 0.3) is 0 Å². The van der Waals surface area contributed by atoms with E-state index in [1.807, 2.05) is 0 Å². The Balaban J connectivity index is 2.37. The summed E-state index contributed by atoms with van der Waals surface area (Å²) < 4.78 is 5.59. The Hall–Kier alpha value is -1.12. The van der Waals surface area contributed by atoms with Crippen molar-refractivity contribution in [3.63, 3.8) is 0 Å². The van der Waals surface area contributed by atoms with E-state index in [9.17, 15) is 9.59 Å². The first kappa shape index (κ1) is 16.3. The van der Waals surface area contributed by atoms with E-state index >= 15 is 0 Å². The highest BCUT2D eigenvalue weighted by Crippen LogP contribution is 2.46. The molecule has 0 saturated heterocycles. The van der Waals surface area contributed by atoms with Crippen molar-refractivity contribution >= 4 is 11.8 Å². The molecule has 1 aliphatic carbocycles. The predicted molar refractivity (Wildman–Crippen MR) is 82.6 cm³/mol. The van der Waals surface area contributed by atoms with Crippen molar-refractivity contribution in [2.24, 2.45) is 17.3 Å². The minimum Gasteiger partial charge on any atom is -0.430 e. The van der Waals surface area contributed by atoms with Gasteiger partial charge in [-0.3, -0.25) is 9.59 Å². The average Bonchev–Trinajstić information content (AvgIpc) is 2.37. The molecule has 2 rings (SSSR count). The molecule has 21 heavy (non-hydrogen) atoms. The number of allylic oxidation sites excluding steroid dienone is 2. The lowest BCUT2D eigenvalue weighted by molar-refractivity contribution is -0.150. The van der Waals surface area contributed by atoms with Crippen LogP contribution in [0, 0.1) is 17.3 Å². The van der Waals surface area contributed by atoms with Crippen LogP contribution in [-0.4, -0.2) is 11.8 Å². The number of hydrogen-bond acceptors (Lipinski definition) is 3. The fraction of sp³-hybridized carbons (Fsp3) is 0.778. The molecule has 1 heterocycles. The van der Waals surface area contributed by atoms with Gasteiger partial charge in [0.2, 0.25) is 0 Å². The quantitative estimate of drug-likeness (QED) is 0.705. The van der Waals surface area contributed by atoms with Gasteiger partial charge < -0.3 is 4.74 Å². The molecule has 2 aliphatic rings. The first-order valence-corrected chi connectivity index (χ1v) is 8.37. The number of unbranched alkanes of at least 4 members (excludes halogenated alkanes) is 1. The van der Waals surface area contributed by atoms with Gasteiger partial charge in [-0.05, 0) is 18.3 Å². The molecule has 0 aromatic heterocycles. The van der Waals surface area contributed by atoms with Crippen molar-refractivity contribution in [3.8, 4) is 0 Å². The summed E-state index contributed by atoms with van der Waals surface area (Å²) in [5.41, 5.74) is 0.754. The maximum atomic E-state index is 12.6. The van der Waals surface area contributed by atoms with E-state index in [2.05, 4.69) is 27.7 Å². The van der Waals surface area contributed by atoms with E-state index in [0.717, 1.165) is 37.7 Å². The molecule has 0 N–H and O–H groups in total. The topological polar surface area (TPSA) is 43.4 Å². The Bertz CT molecular complexity index is 459. The fourth-order valence-electron chi connectivity index (χ4n) is 3.74. The minimum atomic E-state index is -0.120. The van der Waals surface area contributed by atoms with Crippen molar-refractivity contribution in [1.82, 2.24) is 0 Å². The molecule has 3 nitrogen and oxygen atoms in total. The maximum absolute atomic E-state index is 12.6. The van der Waals surface area contributed by atoms with Crippen LogP contribution < -0.4 is 0 Å². The van der Waals surface area contributed by atoms with Crippen LogP contribution in [0.15, 0.2) is 11.3 Å². The number of Topliss-reactive ketones (excluding diaryl/α,β-unsaturated/α-hetero) is 1. The summed E-state index contributed by atoms with van der Waals surface area (Å²) in [5.74, 6) is 0.739. The maximum Gasteiger partial charge on any atom is 0.314 e. The highest BCUT2D eigenvalue weighted by molar-refractivity contribution is 5.99. The first-order chi connectivity index (χ1) is 9.89. The number of carbonyl (C=O) groups is 2. The summed E-state index contributed by atoms with van der Waals surface area (Å²) in [6.07, 6.45) is 6.14. The summed E-state index contributed by atoms with van der Waals surface area (Å²) in [5, 5.41) is 0. The van der Waals surface area contributed by atoms with Crippen LogP contribution in [0.3, 0.4) is 0 Å². The van der Waals surface area contributed by atoms with Gasteiger partial charge >= 0.3 is 5.97 Å². The van der Waals surface area contributed by atoms with Crippen molar-refractivity contribution in [3.05, 3.63) is 11.3 Å². The van der Waals surface area contributed by atoms with E-state index in [0.29, 0.717) is 18.6 Å². The van der Waals surface area contributed by atoms with Gasteiger partial charge in [-0.15, -0.1) is 0 Å². The van der Waals surface area contributed by atoms with Gasteiger partial charge in [0.1, 0.15) is 5.76 Å². The molecule has 0 radical (unpaired) electrons. The standard InChI is InChI=1S/C18H28O3/c1-5-7-9-12-13(8-6-2)17(20)21-15-11-18(3,4)10-14(19)16(12)15/h12-13H,5-11H2,1-4H3/t12-,13-/m1/s1. The van der Waals surface area contributed by atoms with Crippen LogP contribution in [0.5, 0.6) is 0 Å². The molecule has 2 atom stereocenters. The van der Waals surface area contributed by atoms with Crippen LogP contribution in [-0.2, 0) is 14.3 Å². The van der Waals surface area contributed by atoms with Crippen molar-refractivity contribution in [2.75, 3.05) is 0 Å². The van der Waals surface area contributed by atoms with Crippen molar-refractivity contribution in [2.45, 2.75) is 72.6 Å². The zero-order valence-electron chi connectivity index (χ0n) is 13.8. The largest absolute Gasteiger partial charge is 0.430 e. The zero-order valence-corrected chi connectivity index (χ0v) is 13.8. The van der Waals surface area contributed by atoms with Crippen LogP contribution >= 0.6 is 0 Å². The van der Waals surface area contributed by atoms with Gasteiger partial charge in [0.15, 0.2) is 5.78 Å². The Labute approximate surface area is 128 Å². The first-order valence-electron chi connectivity index (χ1n) is 8.37. The second-order valence-electron chi connectivity index (χ2n) is 7.34. The molecular formula is C18H28O3. The van der Waals surface area contributed by atoms with E-state index < -0.39 is 0 Å². The van der Waals surface area contributed by atoms with Gasteiger partial charge in [-0.25, -0.2) is 0 Å². The lowest BCUT2D eigenvalue weighted by atomic mass is 9.68. The summed E-state index contributed by atoms with van der Waals surface area (Å²) in [4.78, 5) is 25.0. The van der Waals surface area contributed by atoms with Crippen LogP contribution in [0.1, 0.15) is 72.6 Å². The lowest BCUT2D eigenvalue weighted by Gasteiger charge is -2.40. The normalized spacial score (nSPS) is 28.4. The molecule has 1 aliphatic heterocycles. The third-order valence-electron chi connectivity index (χ3n) is 4.73. The molecule has 0 fully saturated rings. The second kappa shape index (κ2) is 6.33. The molecule has 0 saturated carbocycles. The van der Waals surface area contributed by atoms with E-state index in [1.54, 1.807) is 0 Å². The number of hydrogen-bond donors (Lipinski definition) is 0. The number of rotatable bonds is 5. The Morgan fingerprint density at radius 3 is 2.38 bits per heavy atom. The second-order valence-corrected chi connectivity index (χ2v) is 7.34. The molecular weight excluding hydrogens is 264 g/mol. The molecule has 3 heteroatoms. The van der Waals surface area contributed by atoms with Crippen molar-refractivity contribution < 1.29 is 14.3 Å². The molecule has 0 unspecified atom stereocenters.